The fourth-order valence-corrected chi connectivity index (χ4v) is 5.72. The predicted molar refractivity (Wildman–Crippen MR) is 156 cm³/mol. The van der Waals surface area contributed by atoms with E-state index in [4.69, 9.17) is 34.9 Å². The minimum Gasteiger partial charge on any atom is -0.466 e. The molecule has 234 valence electrons. The van der Waals surface area contributed by atoms with E-state index in [-0.39, 0.29) is 17.4 Å². The number of alkyl carbamates (subject to hydrolysis) is 1. The maximum atomic E-state index is 13.3. The lowest BCUT2D eigenvalue weighted by atomic mass is 9.93. The summed E-state index contributed by atoms with van der Waals surface area (Å²) in [5.41, 5.74) is -1.88. The Bertz CT molecular complexity index is 1300. The van der Waals surface area contributed by atoms with E-state index in [1.165, 1.54) is 39.3 Å². The van der Waals surface area contributed by atoms with E-state index in [1.54, 1.807) is 45.9 Å². The molecule has 0 unspecified atom stereocenters. The van der Waals surface area contributed by atoms with E-state index in [0.29, 0.717) is 28.3 Å². The zero-order chi connectivity index (χ0) is 31.8. The Kier molecular flexibility index (Phi) is 12.8. The molecule has 0 saturated heterocycles. The summed E-state index contributed by atoms with van der Waals surface area (Å²) >= 11 is 7.64. The van der Waals surface area contributed by atoms with Gasteiger partial charge in [-0.3, -0.25) is 4.57 Å². The van der Waals surface area contributed by atoms with Crippen LogP contribution in [0.3, 0.4) is 0 Å². The lowest BCUT2D eigenvalue weighted by molar-refractivity contribution is -0.137. The number of nitrogens with one attached hydrogen (secondary N) is 1. The molecule has 1 atom stereocenters. The lowest BCUT2D eigenvalue weighted by Gasteiger charge is -2.30. The van der Waals surface area contributed by atoms with Gasteiger partial charge in [-0.25, -0.2) is 4.79 Å². The Morgan fingerprint density at radius 2 is 1.71 bits per heavy atom. The molecular weight excluding hydrogens is 618 g/mol. The highest BCUT2D eigenvalue weighted by molar-refractivity contribution is 7.99. The number of ether oxygens (including phenoxy) is 3. The first-order chi connectivity index (χ1) is 19.4. The molecule has 0 aliphatic heterocycles. The highest BCUT2D eigenvalue weighted by Crippen LogP contribution is 2.48. The predicted octanol–water partition coefficient (Wildman–Crippen LogP) is 8.71. The van der Waals surface area contributed by atoms with Crippen molar-refractivity contribution in [3.05, 3.63) is 64.4 Å². The molecule has 1 amide bonds. The van der Waals surface area contributed by atoms with Crippen molar-refractivity contribution in [2.75, 3.05) is 28.1 Å². The van der Waals surface area contributed by atoms with Crippen LogP contribution in [0.25, 0.3) is 0 Å². The lowest BCUT2D eigenvalue weighted by Crippen LogP contribution is -2.47. The van der Waals surface area contributed by atoms with E-state index < -0.39 is 36.6 Å². The third kappa shape index (κ3) is 11.5. The van der Waals surface area contributed by atoms with Crippen LogP contribution in [0.2, 0.25) is 5.02 Å². The van der Waals surface area contributed by atoms with Gasteiger partial charge in [0.25, 0.3) is 0 Å². The van der Waals surface area contributed by atoms with Crippen LogP contribution in [0.5, 0.6) is 5.75 Å². The van der Waals surface area contributed by atoms with Crippen LogP contribution >= 0.6 is 31.0 Å². The third-order valence-electron chi connectivity index (χ3n) is 5.69. The minimum atomic E-state index is -4.52. The molecule has 14 heteroatoms. The van der Waals surface area contributed by atoms with E-state index >= 15 is 0 Å². The Morgan fingerprint density at radius 3 is 2.26 bits per heavy atom. The van der Waals surface area contributed by atoms with Crippen LogP contribution < -0.4 is 10.1 Å². The van der Waals surface area contributed by atoms with Crippen LogP contribution in [0, 0.1) is 0 Å². The fourth-order valence-electron chi connectivity index (χ4n) is 3.50. The Morgan fingerprint density at radius 1 is 1.05 bits per heavy atom. The number of benzene rings is 2. The number of aryl methyl sites for hydroxylation is 1. The largest absolute Gasteiger partial charge is 0.466 e. The van der Waals surface area contributed by atoms with E-state index in [0.717, 1.165) is 23.9 Å². The van der Waals surface area contributed by atoms with Crippen LogP contribution in [0.15, 0.2) is 58.1 Å². The molecule has 1 N–H and O–H groups in total. The van der Waals surface area contributed by atoms with Crippen molar-refractivity contribution in [2.45, 2.75) is 67.6 Å². The second kappa shape index (κ2) is 15.0. The number of amides is 1. The molecule has 2 rings (SSSR count). The van der Waals surface area contributed by atoms with E-state index in [9.17, 15) is 22.5 Å². The van der Waals surface area contributed by atoms with Crippen molar-refractivity contribution in [1.82, 2.24) is 5.32 Å². The third-order valence-corrected chi connectivity index (χ3v) is 8.60. The summed E-state index contributed by atoms with van der Waals surface area (Å²) in [7, 11) is 0.384. The number of carbonyl (C=O) groups excluding carboxylic acids is 1. The number of halogens is 4. The van der Waals surface area contributed by atoms with E-state index in [2.05, 4.69) is 5.32 Å². The zero-order valence-corrected chi connectivity index (χ0v) is 26.9. The summed E-state index contributed by atoms with van der Waals surface area (Å²) in [5, 5.41) is 3.17. The summed E-state index contributed by atoms with van der Waals surface area (Å²) in [5.74, 6) is 1.50. The standard InChI is InChI=1S/C28H36ClF3NO7PS/c1-26(2,3)40-25(34)33-27(4,14-15-41(35,37-6)38-7)13-12-19-8-10-21(17-22(19)29)42-24-16-20(28(30,31)32)9-11-23(24)39-18-36-5/h8-11,14-17H,12-13,18H2,1-7H3,(H,33,34)/t27-/m0/s1. The molecule has 0 spiro atoms. The molecule has 0 bridgehead atoms. The SMILES string of the molecule is COCOc1ccc(C(F)(F)F)cc1Sc1ccc(CC[C@@](C)(C=CP(=O)(OC)OC)NC(=O)OC(C)(C)C)c(Cl)c1. The number of hydrogen-bond acceptors (Lipinski definition) is 8. The smallest absolute Gasteiger partial charge is 0.416 e. The van der Waals surface area contributed by atoms with Gasteiger partial charge in [0.2, 0.25) is 0 Å². The van der Waals surface area contributed by atoms with Crippen molar-refractivity contribution in [3.8, 4) is 5.75 Å². The maximum Gasteiger partial charge on any atom is 0.416 e. The summed E-state index contributed by atoms with van der Waals surface area (Å²) in [6.45, 7) is 6.78. The molecule has 0 aromatic heterocycles. The number of rotatable bonds is 13. The average Bonchev–Trinajstić information content (AvgIpc) is 2.89. The van der Waals surface area contributed by atoms with Crippen LogP contribution in [0.1, 0.15) is 45.2 Å². The Balaban J connectivity index is 2.30. The molecule has 8 nitrogen and oxygen atoms in total. The number of alkyl halides is 3. The van der Waals surface area contributed by atoms with Crippen LogP contribution in [-0.2, 0) is 35.7 Å². The second-order valence-corrected chi connectivity index (χ2v) is 14.0. The Hall–Kier alpha value is -2.21. The molecule has 42 heavy (non-hydrogen) atoms. The van der Waals surface area contributed by atoms with Crippen molar-refractivity contribution in [2.24, 2.45) is 0 Å². The average molecular weight is 654 g/mol. The molecule has 0 aliphatic rings. The van der Waals surface area contributed by atoms with Gasteiger partial charge < -0.3 is 28.6 Å². The van der Waals surface area contributed by atoms with Gasteiger partial charge in [-0.1, -0.05) is 35.5 Å². The molecule has 2 aromatic carbocycles. The van der Waals surface area contributed by atoms with Gasteiger partial charge in [0.1, 0.15) is 11.4 Å². The van der Waals surface area contributed by atoms with Crippen molar-refractivity contribution in [3.63, 3.8) is 0 Å². The first kappa shape index (κ1) is 36.0. The van der Waals surface area contributed by atoms with Gasteiger partial charge in [0, 0.05) is 37.1 Å². The topological polar surface area (TPSA) is 92.3 Å². The van der Waals surface area contributed by atoms with Gasteiger partial charge in [-0.05, 0) is 76.4 Å². The number of carbonyl (C=O) groups is 1. The summed E-state index contributed by atoms with van der Waals surface area (Å²) in [6, 6.07) is 8.32. The molecule has 0 fully saturated rings. The minimum absolute atomic E-state index is 0.132. The van der Waals surface area contributed by atoms with Crippen LogP contribution in [0.4, 0.5) is 18.0 Å². The highest BCUT2D eigenvalue weighted by Gasteiger charge is 2.32. The highest BCUT2D eigenvalue weighted by atomic mass is 35.5. The molecular formula is C28H36ClF3NO7PS. The molecule has 0 aliphatic carbocycles. The molecule has 0 saturated carbocycles. The molecule has 0 radical (unpaired) electrons. The van der Waals surface area contributed by atoms with E-state index in [1.807, 2.05) is 0 Å². The molecule has 0 heterocycles. The Labute approximate surface area is 253 Å². The maximum absolute atomic E-state index is 13.3. The zero-order valence-electron chi connectivity index (χ0n) is 24.5. The van der Waals surface area contributed by atoms with Crippen molar-refractivity contribution >= 4 is 37.1 Å². The summed E-state index contributed by atoms with van der Waals surface area (Å²) in [4.78, 5) is 13.4. The van der Waals surface area contributed by atoms with Gasteiger partial charge in [0.15, 0.2) is 6.79 Å². The van der Waals surface area contributed by atoms with Crippen molar-refractivity contribution in [1.29, 1.82) is 0 Å². The second-order valence-electron chi connectivity index (χ2n) is 10.3. The quantitative estimate of drug-likeness (QED) is 0.170. The van der Waals surface area contributed by atoms with Gasteiger partial charge in [-0.2, -0.15) is 13.2 Å². The van der Waals surface area contributed by atoms with Gasteiger partial charge in [0.05, 0.1) is 16.0 Å². The normalized spacial score (nSPS) is 14.1. The first-order valence-electron chi connectivity index (χ1n) is 12.6. The fraction of sp³-hybridized carbons (Fsp3) is 0.464. The molecule has 2 aromatic rings. The summed E-state index contributed by atoms with van der Waals surface area (Å²) < 4.78 is 78.3. The monoisotopic (exact) mass is 653 g/mol. The summed E-state index contributed by atoms with van der Waals surface area (Å²) in [6.07, 6.45) is -2.99. The van der Waals surface area contributed by atoms with Crippen LogP contribution in [-0.4, -0.2) is 45.4 Å². The van der Waals surface area contributed by atoms with Gasteiger partial charge >= 0.3 is 19.9 Å². The number of methoxy groups -OCH3 is 1. The number of hydrogen-bond donors (Lipinski definition) is 1. The first-order valence-corrected chi connectivity index (χ1v) is 15.5. The van der Waals surface area contributed by atoms with Crippen molar-refractivity contribution < 1.29 is 45.8 Å². The van der Waals surface area contributed by atoms with Gasteiger partial charge in [-0.15, -0.1) is 0 Å².